The highest BCUT2D eigenvalue weighted by Gasteiger charge is 2.08. The lowest BCUT2D eigenvalue weighted by atomic mass is 10.3. The number of halogens is 1. The second kappa shape index (κ2) is 5.79. The van der Waals surface area contributed by atoms with E-state index in [0.29, 0.717) is 0 Å². The molecule has 0 fully saturated rings. The van der Waals surface area contributed by atoms with Crippen molar-refractivity contribution in [2.75, 3.05) is 13.2 Å². The third-order valence-corrected chi connectivity index (χ3v) is 2.14. The van der Waals surface area contributed by atoms with E-state index in [1.165, 1.54) is 6.20 Å². The maximum absolute atomic E-state index is 11.4. The van der Waals surface area contributed by atoms with Crippen molar-refractivity contribution >= 4 is 21.8 Å². The van der Waals surface area contributed by atoms with Gasteiger partial charge in [0.05, 0.1) is 12.7 Å². The normalized spacial score (nSPS) is 12.2. The molecule has 0 bridgehead atoms. The van der Waals surface area contributed by atoms with E-state index in [-0.39, 0.29) is 24.8 Å². The predicted octanol–water partition coefficient (Wildman–Crippen LogP) is -0.0729. The number of pyridine rings is 1. The number of rotatable bonds is 4. The summed E-state index contributed by atoms with van der Waals surface area (Å²) in [4.78, 5) is 15.3. The van der Waals surface area contributed by atoms with Gasteiger partial charge in [0.25, 0.3) is 5.91 Å². The fourth-order valence-electron chi connectivity index (χ4n) is 0.876. The first-order valence-electron chi connectivity index (χ1n) is 4.32. The fourth-order valence-corrected chi connectivity index (χ4v) is 1.11. The minimum absolute atomic E-state index is 0.00702. The van der Waals surface area contributed by atoms with E-state index in [0.717, 1.165) is 4.47 Å². The predicted molar refractivity (Wildman–Crippen MR) is 57.4 cm³/mol. The molecule has 1 amide bonds. The fraction of sp³-hybridized carbons (Fsp3) is 0.333. The summed E-state index contributed by atoms with van der Waals surface area (Å²) in [5.41, 5.74) is 0.267. The summed E-state index contributed by atoms with van der Waals surface area (Å²) in [6, 6.07) is 3.26. The van der Waals surface area contributed by atoms with E-state index in [1.54, 1.807) is 12.1 Å². The smallest absolute Gasteiger partial charge is 0.269 e. The van der Waals surface area contributed by atoms with Crippen LogP contribution in [0, 0.1) is 0 Å². The Morgan fingerprint density at radius 3 is 2.87 bits per heavy atom. The standard InChI is InChI=1S/C9H11BrN2O3/c10-6-1-2-8(11-3-6)9(15)12-4-7(14)5-13/h1-3,7,13-14H,4-5H2,(H,12,15). The zero-order chi connectivity index (χ0) is 11.3. The minimum atomic E-state index is -0.940. The third-order valence-electron chi connectivity index (χ3n) is 1.67. The molecule has 1 heterocycles. The quantitative estimate of drug-likeness (QED) is 0.718. The molecule has 15 heavy (non-hydrogen) atoms. The van der Waals surface area contributed by atoms with Gasteiger partial charge in [0.15, 0.2) is 0 Å². The summed E-state index contributed by atoms with van der Waals surface area (Å²) in [5.74, 6) is -0.380. The van der Waals surface area contributed by atoms with Gasteiger partial charge < -0.3 is 15.5 Å². The van der Waals surface area contributed by atoms with E-state index in [2.05, 4.69) is 26.2 Å². The average Bonchev–Trinajstić information content (AvgIpc) is 2.26. The third kappa shape index (κ3) is 3.94. The van der Waals surface area contributed by atoms with Crippen molar-refractivity contribution in [3.05, 3.63) is 28.5 Å². The van der Waals surface area contributed by atoms with Crippen LogP contribution >= 0.6 is 15.9 Å². The molecule has 0 saturated heterocycles. The summed E-state index contributed by atoms with van der Waals surface area (Å²) < 4.78 is 0.787. The molecule has 1 aromatic heterocycles. The monoisotopic (exact) mass is 274 g/mol. The number of carbonyl (C=O) groups is 1. The summed E-state index contributed by atoms with van der Waals surface area (Å²) >= 11 is 3.20. The Hall–Kier alpha value is -0.980. The van der Waals surface area contributed by atoms with E-state index in [1.807, 2.05) is 0 Å². The molecule has 1 unspecified atom stereocenters. The molecule has 0 spiro atoms. The number of nitrogens with one attached hydrogen (secondary N) is 1. The molecule has 5 nitrogen and oxygen atoms in total. The molecule has 1 aromatic rings. The van der Waals surface area contributed by atoms with Crippen LogP contribution in [-0.4, -0.2) is 40.4 Å². The number of carbonyl (C=O) groups excluding carboxylic acids is 1. The van der Waals surface area contributed by atoms with Gasteiger partial charge in [-0.3, -0.25) is 4.79 Å². The van der Waals surface area contributed by atoms with E-state index >= 15 is 0 Å². The largest absolute Gasteiger partial charge is 0.394 e. The first-order chi connectivity index (χ1) is 7.13. The van der Waals surface area contributed by atoms with Crippen LogP contribution in [0.2, 0.25) is 0 Å². The zero-order valence-electron chi connectivity index (χ0n) is 7.85. The topological polar surface area (TPSA) is 82.5 Å². The number of nitrogens with zero attached hydrogens (tertiary/aromatic N) is 1. The highest BCUT2D eigenvalue weighted by atomic mass is 79.9. The summed E-state index contributed by atoms with van der Waals surface area (Å²) in [6.07, 6.45) is 0.571. The van der Waals surface area contributed by atoms with E-state index < -0.39 is 6.10 Å². The van der Waals surface area contributed by atoms with Crippen LogP contribution < -0.4 is 5.32 Å². The first-order valence-corrected chi connectivity index (χ1v) is 5.11. The Balaban J connectivity index is 2.50. The second-order valence-corrected chi connectivity index (χ2v) is 3.82. The van der Waals surface area contributed by atoms with Gasteiger partial charge in [0.1, 0.15) is 5.69 Å². The molecule has 0 saturated carbocycles. The first kappa shape index (κ1) is 12.1. The molecule has 0 aromatic carbocycles. The number of hydrogen-bond donors (Lipinski definition) is 3. The van der Waals surface area contributed by atoms with Crippen molar-refractivity contribution in [2.45, 2.75) is 6.10 Å². The zero-order valence-corrected chi connectivity index (χ0v) is 9.44. The van der Waals surface area contributed by atoms with Gasteiger partial charge in [-0.1, -0.05) is 0 Å². The average molecular weight is 275 g/mol. The van der Waals surface area contributed by atoms with Crippen molar-refractivity contribution in [1.29, 1.82) is 0 Å². The van der Waals surface area contributed by atoms with Crippen LogP contribution in [0.3, 0.4) is 0 Å². The molecule has 6 heteroatoms. The SMILES string of the molecule is O=C(NCC(O)CO)c1ccc(Br)cn1. The number of amides is 1. The molecule has 0 aliphatic heterocycles. The number of hydrogen-bond acceptors (Lipinski definition) is 4. The maximum atomic E-state index is 11.4. The Bertz CT molecular complexity index is 329. The highest BCUT2D eigenvalue weighted by molar-refractivity contribution is 9.10. The van der Waals surface area contributed by atoms with Crippen molar-refractivity contribution in [1.82, 2.24) is 10.3 Å². The maximum Gasteiger partial charge on any atom is 0.269 e. The number of aliphatic hydroxyl groups excluding tert-OH is 2. The molecule has 0 aliphatic carbocycles. The molecular weight excluding hydrogens is 264 g/mol. The van der Waals surface area contributed by atoms with Gasteiger partial charge in [-0.2, -0.15) is 0 Å². The van der Waals surface area contributed by atoms with Gasteiger partial charge in [-0.15, -0.1) is 0 Å². The Kier molecular flexibility index (Phi) is 4.67. The molecule has 1 atom stereocenters. The van der Waals surface area contributed by atoms with Crippen molar-refractivity contribution < 1.29 is 15.0 Å². The Labute approximate surface area is 95.3 Å². The Morgan fingerprint density at radius 1 is 1.60 bits per heavy atom. The van der Waals surface area contributed by atoms with E-state index in [4.69, 9.17) is 10.2 Å². The van der Waals surface area contributed by atoms with Gasteiger partial charge in [-0.25, -0.2) is 4.98 Å². The lowest BCUT2D eigenvalue weighted by molar-refractivity contribution is 0.0799. The van der Waals surface area contributed by atoms with Crippen molar-refractivity contribution in [3.8, 4) is 0 Å². The molecule has 82 valence electrons. The van der Waals surface area contributed by atoms with Crippen LogP contribution in [0.4, 0.5) is 0 Å². The van der Waals surface area contributed by atoms with Crippen molar-refractivity contribution in [3.63, 3.8) is 0 Å². The summed E-state index contributed by atoms with van der Waals surface area (Å²) in [5, 5.41) is 20.0. The van der Waals surface area contributed by atoms with Gasteiger partial charge in [0.2, 0.25) is 0 Å². The van der Waals surface area contributed by atoms with Gasteiger partial charge >= 0.3 is 0 Å². The second-order valence-electron chi connectivity index (χ2n) is 2.91. The number of aliphatic hydroxyl groups is 2. The Morgan fingerprint density at radius 2 is 2.33 bits per heavy atom. The van der Waals surface area contributed by atoms with E-state index in [9.17, 15) is 4.79 Å². The lowest BCUT2D eigenvalue weighted by Crippen LogP contribution is -2.34. The molecule has 0 aliphatic rings. The molecule has 3 N–H and O–H groups in total. The number of aromatic nitrogens is 1. The van der Waals surface area contributed by atoms with Crippen LogP contribution in [0.15, 0.2) is 22.8 Å². The van der Waals surface area contributed by atoms with Crippen LogP contribution in [0.25, 0.3) is 0 Å². The summed E-state index contributed by atoms with van der Waals surface area (Å²) in [7, 11) is 0. The van der Waals surface area contributed by atoms with Crippen molar-refractivity contribution in [2.24, 2.45) is 0 Å². The molecule has 1 rings (SSSR count). The van der Waals surface area contributed by atoms with Crippen LogP contribution in [0.1, 0.15) is 10.5 Å². The van der Waals surface area contributed by atoms with Crippen LogP contribution in [0.5, 0.6) is 0 Å². The minimum Gasteiger partial charge on any atom is -0.394 e. The highest BCUT2D eigenvalue weighted by Crippen LogP contribution is 2.07. The lowest BCUT2D eigenvalue weighted by Gasteiger charge is -2.08. The summed E-state index contributed by atoms with van der Waals surface area (Å²) in [6.45, 7) is -0.374. The molecule has 0 radical (unpaired) electrons. The molecular formula is C9H11BrN2O3. The van der Waals surface area contributed by atoms with Crippen LogP contribution in [-0.2, 0) is 0 Å². The van der Waals surface area contributed by atoms with Gasteiger partial charge in [-0.05, 0) is 28.1 Å². The van der Waals surface area contributed by atoms with Gasteiger partial charge in [0, 0.05) is 17.2 Å².